The van der Waals surface area contributed by atoms with Crippen molar-refractivity contribution in [2.45, 2.75) is 11.8 Å². The molecule has 0 spiro atoms. The number of rotatable bonds is 5. The topological polar surface area (TPSA) is 20.2 Å². The van der Waals surface area contributed by atoms with E-state index in [-0.39, 0.29) is 23.3 Å². The standard InChI is InChI=1S/C16H15Cl2FO/c17-10-16(11-18,14-3-1-2-4-15(14)19)9-12-5-7-13(20)8-6-12/h1-8,20H,9-11H2. The van der Waals surface area contributed by atoms with E-state index in [2.05, 4.69) is 0 Å². The molecule has 0 aromatic heterocycles. The molecule has 0 unspecified atom stereocenters. The third kappa shape index (κ3) is 3.08. The lowest BCUT2D eigenvalue weighted by Gasteiger charge is -2.30. The maximum Gasteiger partial charge on any atom is 0.127 e. The number of aromatic hydroxyl groups is 1. The molecule has 0 bridgehead atoms. The van der Waals surface area contributed by atoms with E-state index in [1.165, 1.54) is 6.07 Å². The van der Waals surface area contributed by atoms with Gasteiger partial charge in [-0.15, -0.1) is 23.2 Å². The van der Waals surface area contributed by atoms with Crippen LogP contribution in [0.3, 0.4) is 0 Å². The van der Waals surface area contributed by atoms with Crippen molar-refractivity contribution in [3.63, 3.8) is 0 Å². The maximum atomic E-state index is 14.1. The number of alkyl halides is 2. The van der Waals surface area contributed by atoms with E-state index in [0.717, 1.165) is 5.56 Å². The average Bonchev–Trinajstić information content (AvgIpc) is 2.48. The van der Waals surface area contributed by atoms with Gasteiger partial charge in [0.1, 0.15) is 11.6 Å². The van der Waals surface area contributed by atoms with Crippen LogP contribution in [0.2, 0.25) is 0 Å². The molecule has 1 N–H and O–H groups in total. The second-order valence-corrected chi connectivity index (χ2v) is 5.41. The molecule has 2 aromatic carbocycles. The molecule has 2 rings (SSSR count). The highest BCUT2D eigenvalue weighted by Crippen LogP contribution is 2.33. The van der Waals surface area contributed by atoms with Crippen molar-refractivity contribution < 1.29 is 9.50 Å². The summed E-state index contributed by atoms with van der Waals surface area (Å²) in [7, 11) is 0. The Morgan fingerprint density at radius 3 is 2.10 bits per heavy atom. The normalized spacial score (nSPS) is 11.6. The Kier molecular flexibility index (Phi) is 4.90. The van der Waals surface area contributed by atoms with Gasteiger partial charge in [-0.2, -0.15) is 0 Å². The number of halogens is 3. The van der Waals surface area contributed by atoms with E-state index in [1.807, 2.05) is 0 Å². The first-order valence-electron chi connectivity index (χ1n) is 6.26. The monoisotopic (exact) mass is 312 g/mol. The average molecular weight is 313 g/mol. The number of hydrogen-bond donors (Lipinski definition) is 1. The molecule has 0 heterocycles. The molecule has 0 saturated carbocycles. The van der Waals surface area contributed by atoms with Crippen LogP contribution in [0.4, 0.5) is 4.39 Å². The van der Waals surface area contributed by atoms with Gasteiger partial charge in [0.25, 0.3) is 0 Å². The van der Waals surface area contributed by atoms with Crippen LogP contribution < -0.4 is 0 Å². The molecule has 0 aliphatic heterocycles. The summed E-state index contributed by atoms with van der Waals surface area (Å²) in [5.41, 5.74) is 0.816. The molecule has 0 fully saturated rings. The van der Waals surface area contributed by atoms with Crippen LogP contribution in [0, 0.1) is 5.82 Å². The zero-order valence-electron chi connectivity index (χ0n) is 10.8. The second-order valence-electron chi connectivity index (χ2n) is 4.87. The third-order valence-corrected chi connectivity index (χ3v) is 4.46. The van der Waals surface area contributed by atoms with Gasteiger partial charge in [-0.3, -0.25) is 0 Å². The molecule has 0 aliphatic carbocycles. The molecule has 106 valence electrons. The van der Waals surface area contributed by atoms with Gasteiger partial charge >= 0.3 is 0 Å². The van der Waals surface area contributed by atoms with E-state index in [0.29, 0.717) is 12.0 Å². The van der Waals surface area contributed by atoms with Crippen LogP contribution >= 0.6 is 23.2 Å². The summed E-state index contributed by atoms with van der Waals surface area (Å²) in [6, 6.07) is 13.4. The van der Waals surface area contributed by atoms with Gasteiger partial charge < -0.3 is 5.11 Å². The van der Waals surface area contributed by atoms with Gasteiger partial charge in [-0.25, -0.2) is 4.39 Å². The quantitative estimate of drug-likeness (QED) is 0.806. The van der Waals surface area contributed by atoms with Gasteiger partial charge in [0, 0.05) is 17.2 Å². The predicted octanol–water partition coefficient (Wildman–Crippen LogP) is 4.49. The van der Waals surface area contributed by atoms with E-state index in [4.69, 9.17) is 23.2 Å². The fourth-order valence-electron chi connectivity index (χ4n) is 2.27. The van der Waals surface area contributed by atoms with Crippen molar-refractivity contribution in [1.82, 2.24) is 0 Å². The lowest BCUT2D eigenvalue weighted by atomic mass is 9.78. The fraction of sp³-hybridized carbons (Fsp3) is 0.250. The minimum absolute atomic E-state index is 0.196. The summed E-state index contributed by atoms with van der Waals surface area (Å²) < 4.78 is 14.1. The van der Waals surface area contributed by atoms with Crippen LogP contribution in [0.1, 0.15) is 11.1 Å². The predicted molar refractivity (Wildman–Crippen MR) is 81.3 cm³/mol. The number of benzene rings is 2. The van der Waals surface area contributed by atoms with Crippen molar-refractivity contribution in [3.8, 4) is 5.75 Å². The van der Waals surface area contributed by atoms with E-state index >= 15 is 0 Å². The lowest BCUT2D eigenvalue weighted by Crippen LogP contribution is -2.34. The smallest absolute Gasteiger partial charge is 0.127 e. The largest absolute Gasteiger partial charge is 0.508 e. The Bertz CT molecular complexity index is 565. The zero-order chi connectivity index (χ0) is 14.6. The summed E-state index contributed by atoms with van der Waals surface area (Å²) in [5.74, 6) is 0.339. The van der Waals surface area contributed by atoms with Crippen LogP contribution in [0.5, 0.6) is 5.75 Å². The number of phenols is 1. The van der Waals surface area contributed by atoms with E-state index in [9.17, 15) is 9.50 Å². The Balaban J connectivity index is 2.39. The van der Waals surface area contributed by atoms with Crippen molar-refractivity contribution in [2.24, 2.45) is 0 Å². The first kappa shape index (κ1) is 15.1. The molecule has 0 amide bonds. The number of phenolic OH excluding ortho intramolecular Hbond substituents is 1. The molecule has 0 aliphatic rings. The second kappa shape index (κ2) is 6.47. The molecule has 0 saturated heterocycles. The molecule has 0 radical (unpaired) electrons. The summed E-state index contributed by atoms with van der Waals surface area (Å²) in [4.78, 5) is 0. The molecular formula is C16H15Cl2FO. The summed E-state index contributed by atoms with van der Waals surface area (Å²) in [6.45, 7) is 0. The number of hydrogen-bond acceptors (Lipinski definition) is 1. The highest BCUT2D eigenvalue weighted by atomic mass is 35.5. The van der Waals surface area contributed by atoms with Crippen molar-refractivity contribution in [1.29, 1.82) is 0 Å². The molecule has 20 heavy (non-hydrogen) atoms. The van der Waals surface area contributed by atoms with Crippen LogP contribution in [0.15, 0.2) is 48.5 Å². The van der Waals surface area contributed by atoms with Crippen LogP contribution in [-0.2, 0) is 11.8 Å². The SMILES string of the molecule is Oc1ccc(CC(CCl)(CCl)c2ccccc2F)cc1. The zero-order valence-corrected chi connectivity index (χ0v) is 12.3. The Morgan fingerprint density at radius 1 is 0.950 bits per heavy atom. The Hall–Kier alpha value is -1.25. The first-order valence-corrected chi connectivity index (χ1v) is 7.33. The molecule has 0 atom stereocenters. The van der Waals surface area contributed by atoms with Crippen LogP contribution in [0.25, 0.3) is 0 Å². The Morgan fingerprint density at radius 2 is 1.55 bits per heavy atom. The van der Waals surface area contributed by atoms with E-state index in [1.54, 1.807) is 42.5 Å². The van der Waals surface area contributed by atoms with Gasteiger partial charge in [0.05, 0.1) is 0 Å². The maximum absolute atomic E-state index is 14.1. The highest BCUT2D eigenvalue weighted by Gasteiger charge is 2.33. The van der Waals surface area contributed by atoms with E-state index < -0.39 is 5.41 Å². The molecule has 4 heteroatoms. The first-order chi connectivity index (χ1) is 9.61. The Labute approximate surface area is 128 Å². The van der Waals surface area contributed by atoms with Crippen molar-refractivity contribution >= 4 is 23.2 Å². The summed E-state index contributed by atoms with van der Waals surface area (Å²) >= 11 is 12.2. The van der Waals surface area contributed by atoms with Crippen molar-refractivity contribution in [3.05, 3.63) is 65.5 Å². The highest BCUT2D eigenvalue weighted by molar-refractivity contribution is 6.22. The van der Waals surface area contributed by atoms with Gasteiger partial charge in [-0.1, -0.05) is 30.3 Å². The summed E-state index contributed by atoms with van der Waals surface area (Å²) in [6.07, 6.45) is 0.515. The molecular weight excluding hydrogens is 298 g/mol. The minimum atomic E-state index is -0.661. The van der Waals surface area contributed by atoms with Gasteiger partial charge in [0.2, 0.25) is 0 Å². The molecule has 1 nitrogen and oxygen atoms in total. The summed E-state index contributed by atoms with van der Waals surface area (Å²) in [5, 5.41) is 9.32. The van der Waals surface area contributed by atoms with Crippen molar-refractivity contribution in [2.75, 3.05) is 11.8 Å². The van der Waals surface area contributed by atoms with Gasteiger partial charge in [-0.05, 0) is 35.7 Å². The molecule has 2 aromatic rings. The lowest BCUT2D eigenvalue weighted by molar-refractivity contribution is 0.472. The van der Waals surface area contributed by atoms with Gasteiger partial charge in [0.15, 0.2) is 0 Å². The fourth-order valence-corrected chi connectivity index (χ4v) is 3.03. The minimum Gasteiger partial charge on any atom is -0.508 e. The third-order valence-electron chi connectivity index (χ3n) is 3.44. The van der Waals surface area contributed by atoms with Crippen LogP contribution in [-0.4, -0.2) is 16.9 Å².